The molecule has 1 N–H and O–H groups in total. The second-order valence-corrected chi connectivity index (χ2v) is 5.87. The highest BCUT2D eigenvalue weighted by Crippen LogP contribution is 2.18. The maximum absolute atomic E-state index is 3.59. The summed E-state index contributed by atoms with van der Waals surface area (Å²) in [5.41, 5.74) is 0. The molecule has 16 heavy (non-hydrogen) atoms. The highest BCUT2D eigenvalue weighted by molar-refractivity contribution is 7.09. The Hall–Kier alpha value is -0.380. The van der Waals surface area contributed by atoms with Crippen molar-refractivity contribution in [1.82, 2.24) is 10.2 Å². The molecule has 0 saturated heterocycles. The predicted molar refractivity (Wildman–Crippen MR) is 71.1 cm³/mol. The van der Waals surface area contributed by atoms with E-state index in [0.29, 0.717) is 6.04 Å². The van der Waals surface area contributed by atoms with Gasteiger partial charge in [0.1, 0.15) is 0 Å². The lowest BCUT2D eigenvalue weighted by molar-refractivity contribution is 0.254. The summed E-state index contributed by atoms with van der Waals surface area (Å²) >= 11 is 1.86. The van der Waals surface area contributed by atoms with Crippen LogP contribution in [0.15, 0.2) is 17.5 Å². The number of hydrogen-bond donors (Lipinski definition) is 1. The molecule has 0 spiro atoms. The third kappa shape index (κ3) is 3.89. The summed E-state index contributed by atoms with van der Waals surface area (Å²) in [6.07, 6.45) is 3.94. The Bertz CT molecular complexity index is 293. The summed E-state index contributed by atoms with van der Waals surface area (Å²) < 4.78 is 0. The van der Waals surface area contributed by atoms with Gasteiger partial charge in [0.25, 0.3) is 0 Å². The lowest BCUT2D eigenvalue weighted by Crippen LogP contribution is -2.39. The van der Waals surface area contributed by atoms with Crippen molar-refractivity contribution in [2.45, 2.75) is 38.3 Å². The fourth-order valence-corrected chi connectivity index (χ4v) is 2.44. The van der Waals surface area contributed by atoms with Gasteiger partial charge in [0.2, 0.25) is 0 Å². The van der Waals surface area contributed by atoms with E-state index in [1.165, 1.54) is 24.1 Å². The fraction of sp³-hybridized carbons (Fsp3) is 0.692. The fourth-order valence-electron chi connectivity index (χ4n) is 1.74. The third-order valence-corrected chi connectivity index (χ3v) is 4.26. The normalized spacial score (nSPS) is 17.9. The van der Waals surface area contributed by atoms with Gasteiger partial charge in [0.15, 0.2) is 0 Å². The first-order valence-corrected chi connectivity index (χ1v) is 7.09. The van der Waals surface area contributed by atoms with Gasteiger partial charge in [-0.25, -0.2) is 0 Å². The Kier molecular flexibility index (Phi) is 4.38. The van der Waals surface area contributed by atoms with E-state index in [2.05, 4.69) is 41.7 Å². The van der Waals surface area contributed by atoms with Crippen LogP contribution in [0.4, 0.5) is 0 Å². The first-order chi connectivity index (χ1) is 7.75. The number of thiophene rings is 1. The Morgan fingerprint density at radius 2 is 2.38 bits per heavy atom. The number of likely N-dealkylation sites (N-methyl/N-ethyl adjacent to an activating group) is 1. The summed E-state index contributed by atoms with van der Waals surface area (Å²) in [7, 11) is 2.23. The van der Waals surface area contributed by atoms with Gasteiger partial charge < -0.3 is 10.2 Å². The van der Waals surface area contributed by atoms with E-state index in [1.54, 1.807) is 0 Å². The van der Waals surface area contributed by atoms with Crippen molar-refractivity contribution in [2.75, 3.05) is 20.1 Å². The molecule has 1 aromatic heterocycles. The van der Waals surface area contributed by atoms with Crippen molar-refractivity contribution in [3.63, 3.8) is 0 Å². The van der Waals surface area contributed by atoms with E-state index in [4.69, 9.17) is 0 Å². The number of nitrogens with zero attached hydrogens (tertiary/aromatic N) is 1. The van der Waals surface area contributed by atoms with Gasteiger partial charge in [-0.3, -0.25) is 0 Å². The van der Waals surface area contributed by atoms with Gasteiger partial charge in [0.05, 0.1) is 0 Å². The highest BCUT2D eigenvalue weighted by Gasteiger charge is 2.21. The maximum Gasteiger partial charge on any atom is 0.0189 e. The van der Waals surface area contributed by atoms with Crippen molar-refractivity contribution in [3.05, 3.63) is 22.4 Å². The van der Waals surface area contributed by atoms with E-state index in [-0.39, 0.29) is 0 Å². The molecule has 0 bridgehead atoms. The van der Waals surface area contributed by atoms with Crippen LogP contribution in [0, 0.1) is 0 Å². The van der Waals surface area contributed by atoms with E-state index in [1.807, 2.05) is 11.3 Å². The summed E-state index contributed by atoms with van der Waals surface area (Å²) in [5.74, 6) is 0. The zero-order chi connectivity index (χ0) is 11.4. The molecule has 1 aliphatic rings. The maximum atomic E-state index is 3.59. The molecule has 1 aromatic rings. The molecule has 3 heteroatoms. The Labute approximate surface area is 103 Å². The standard InChI is InChI=1S/C13H22N2S/c1-11(10-14-12-5-6-12)15(2)8-7-13-4-3-9-16-13/h3-4,9,11-12,14H,5-8,10H2,1-2H3. The van der Waals surface area contributed by atoms with E-state index >= 15 is 0 Å². The first kappa shape index (κ1) is 12.1. The topological polar surface area (TPSA) is 15.3 Å². The molecule has 1 unspecified atom stereocenters. The van der Waals surface area contributed by atoms with E-state index in [9.17, 15) is 0 Å². The zero-order valence-electron chi connectivity index (χ0n) is 10.3. The summed E-state index contributed by atoms with van der Waals surface area (Å²) in [6.45, 7) is 4.60. The largest absolute Gasteiger partial charge is 0.312 e. The monoisotopic (exact) mass is 238 g/mol. The number of nitrogens with one attached hydrogen (secondary N) is 1. The smallest absolute Gasteiger partial charge is 0.0189 e. The van der Waals surface area contributed by atoms with Crippen LogP contribution in [0.3, 0.4) is 0 Å². The van der Waals surface area contributed by atoms with Crippen molar-refractivity contribution >= 4 is 11.3 Å². The molecule has 0 radical (unpaired) electrons. The van der Waals surface area contributed by atoms with E-state index in [0.717, 1.165) is 19.1 Å². The van der Waals surface area contributed by atoms with Crippen LogP contribution < -0.4 is 5.32 Å². The molecule has 0 aromatic carbocycles. The van der Waals surface area contributed by atoms with Crippen molar-refractivity contribution in [2.24, 2.45) is 0 Å². The summed E-state index contributed by atoms with van der Waals surface area (Å²) in [4.78, 5) is 3.95. The molecule has 1 saturated carbocycles. The quantitative estimate of drug-likeness (QED) is 0.784. The van der Waals surface area contributed by atoms with E-state index < -0.39 is 0 Å². The number of hydrogen-bond acceptors (Lipinski definition) is 3. The zero-order valence-corrected chi connectivity index (χ0v) is 11.1. The van der Waals surface area contributed by atoms with Crippen LogP contribution in [0.2, 0.25) is 0 Å². The molecule has 1 atom stereocenters. The highest BCUT2D eigenvalue weighted by atomic mass is 32.1. The van der Waals surface area contributed by atoms with Crippen LogP contribution in [-0.2, 0) is 6.42 Å². The lowest BCUT2D eigenvalue weighted by Gasteiger charge is -2.24. The Balaban J connectivity index is 1.63. The molecular formula is C13H22N2S. The average Bonchev–Trinajstić information content (AvgIpc) is 2.97. The molecule has 90 valence electrons. The summed E-state index contributed by atoms with van der Waals surface area (Å²) in [6, 6.07) is 5.83. The molecule has 0 aliphatic heterocycles. The van der Waals surface area contributed by atoms with Gasteiger partial charge >= 0.3 is 0 Å². The first-order valence-electron chi connectivity index (χ1n) is 6.21. The van der Waals surface area contributed by atoms with Gasteiger partial charge in [-0.1, -0.05) is 6.07 Å². The van der Waals surface area contributed by atoms with Gasteiger partial charge in [-0.2, -0.15) is 0 Å². The molecular weight excluding hydrogens is 216 g/mol. The minimum absolute atomic E-state index is 0.639. The molecule has 2 nitrogen and oxygen atoms in total. The van der Waals surface area contributed by atoms with Crippen molar-refractivity contribution in [3.8, 4) is 0 Å². The Morgan fingerprint density at radius 1 is 1.56 bits per heavy atom. The molecule has 1 heterocycles. The summed E-state index contributed by atoms with van der Waals surface area (Å²) in [5, 5.41) is 5.75. The van der Waals surface area contributed by atoms with Crippen LogP contribution in [0.1, 0.15) is 24.6 Å². The molecule has 0 amide bonds. The van der Waals surface area contributed by atoms with Crippen molar-refractivity contribution in [1.29, 1.82) is 0 Å². The van der Waals surface area contributed by atoms with Crippen LogP contribution in [0.25, 0.3) is 0 Å². The SMILES string of the molecule is CC(CNC1CC1)N(C)CCc1cccs1. The van der Waals surface area contributed by atoms with Gasteiger partial charge in [0, 0.05) is 30.1 Å². The second kappa shape index (κ2) is 5.80. The van der Waals surface area contributed by atoms with Crippen LogP contribution in [0.5, 0.6) is 0 Å². The minimum Gasteiger partial charge on any atom is -0.312 e. The van der Waals surface area contributed by atoms with Crippen LogP contribution in [-0.4, -0.2) is 37.1 Å². The van der Waals surface area contributed by atoms with Gasteiger partial charge in [-0.15, -0.1) is 11.3 Å². The second-order valence-electron chi connectivity index (χ2n) is 4.84. The minimum atomic E-state index is 0.639. The molecule has 1 fully saturated rings. The lowest BCUT2D eigenvalue weighted by atomic mass is 10.2. The number of rotatable bonds is 7. The predicted octanol–water partition coefficient (Wildman–Crippen LogP) is 2.36. The van der Waals surface area contributed by atoms with Crippen LogP contribution >= 0.6 is 11.3 Å². The molecule has 2 rings (SSSR count). The average molecular weight is 238 g/mol. The Morgan fingerprint density at radius 3 is 3.00 bits per heavy atom. The van der Waals surface area contributed by atoms with Crippen molar-refractivity contribution < 1.29 is 0 Å². The molecule has 1 aliphatic carbocycles. The third-order valence-electron chi connectivity index (χ3n) is 3.32. The van der Waals surface area contributed by atoms with Gasteiger partial charge in [-0.05, 0) is 44.7 Å².